The van der Waals surface area contributed by atoms with E-state index < -0.39 is 10.0 Å². The van der Waals surface area contributed by atoms with E-state index in [1.54, 1.807) is 24.3 Å². The molecule has 3 rings (SSSR count). The highest BCUT2D eigenvalue weighted by molar-refractivity contribution is 7.89. The number of aryl methyl sites for hydroxylation is 1. The minimum absolute atomic E-state index is 0.120. The Morgan fingerprint density at radius 2 is 1.57 bits per heavy atom. The van der Waals surface area contributed by atoms with Gasteiger partial charge in [0, 0.05) is 6.20 Å². The minimum atomic E-state index is -3.83. The molecule has 0 spiro atoms. The van der Waals surface area contributed by atoms with Gasteiger partial charge in [0.25, 0.3) is 10.0 Å². The number of rotatable bonds is 6. The van der Waals surface area contributed by atoms with Gasteiger partial charge in [-0.2, -0.15) is 0 Å². The van der Waals surface area contributed by atoms with Crippen LogP contribution in [0.2, 0.25) is 0 Å². The summed E-state index contributed by atoms with van der Waals surface area (Å²) in [5, 5.41) is 0.201. The minimum Gasteiger partial charge on any atom is -0.267 e. The van der Waals surface area contributed by atoms with Crippen LogP contribution in [0.3, 0.4) is 0 Å². The third-order valence-electron chi connectivity index (χ3n) is 4.19. The maximum atomic E-state index is 13.2. The molecule has 0 amide bonds. The van der Waals surface area contributed by atoms with E-state index in [1.807, 2.05) is 37.3 Å². The molecular weight excluding hydrogens is 397 g/mol. The summed E-state index contributed by atoms with van der Waals surface area (Å²) in [6.07, 6.45) is 1.37. The molecule has 0 saturated heterocycles. The number of sulfonamides is 1. The smallest absolute Gasteiger partial charge is 0.264 e. The molecular formula is C22H19ClFNO2S. The summed E-state index contributed by atoms with van der Waals surface area (Å²) in [4.78, 5) is 0.175. The first-order valence-electron chi connectivity index (χ1n) is 8.62. The zero-order valence-corrected chi connectivity index (χ0v) is 16.8. The molecule has 0 heterocycles. The van der Waals surface area contributed by atoms with Gasteiger partial charge >= 0.3 is 0 Å². The lowest BCUT2D eigenvalue weighted by atomic mass is 10.2. The molecule has 3 nitrogen and oxygen atoms in total. The summed E-state index contributed by atoms with van der Waals surface area (Å²) >= 11 is 6.37. The fourth-order valence-electron chi connectivity index (χ4n) is 2.62. The molecule has 3 aromatic rings. The summed E-state index contributed by atoms with van der Waals surface area (Å²) in [6.45, 7) is 2.01. The van der Waals surface area contributed by atoms with E-state index in [1.165, 1.54) is 34.8 Å². The Hall–Kier alpha value is -2.63. The third kappa shape index (κ3) is 4.80. The predicted molar refractivity (Wildman–Crippen MR) is 111 cm³/mol. The molecule has 0 fully saturated rings. The van der Waals surface area contributed by atoms with Gasteiger partial charge in [-0.15, -0.1) is 0 Å². The van der Waals surface area contributed by atoms with Gasteiger partial charge in [-0.3, -0.25) is 4.31 Å². The first-order valence-corrected chi connectivity index (χ1v) is 10.4. The van der Waals surface area contributed by atoms with Crippen molar-refractivity contribution in [2.45, 2.75) is 18.4 Å². The van der Waals surface area contributed by atoms with Crippen molar-refractivity contribution in [1.82, 2.24) is 4.31 Å². The van der Waals surface area contributed by atoms with Crippen LogP contribution in [0, 0.1) is 12.7 Å². The summed E-state index contributed by atoms with van der Waals surface area (Å²) in [5.41, 5.74) is 2.31. The topological polar surface area (TPSA) is 37.4 Å². The predicted octanol–water partition coefficient (Wildman–Crippen LogP) is 5.56. The van der Waals surface area contributed by atoms with Crippen molar-refractivity contribution in [2.24, 2.45) is 0 Å². The first-order chi connectivity index (χ1) is 13.4. The van der Waals surface area contributed by atoms with E-state index in [0.29, 0.717) is 5.56 Å². The number of benzene rings is 3. The Morgan fingerprint density at radius 1 is 0.964 bits per heavy atom. The summed E-state index contributed by atoms with van der Waals surface area (Å²) in [7, 11) is -3.83. The highest BCUT2D eigenvalue weighted by Gasteiger charge is 2.22. The van der Waals surface area contributed by atoms with E-state index >= 15 is 0 Å². The molecule has 144 valence electrons. The maximum absolute atomic E-state index is 13.2. The average molecular weight is 416 g/mol. The van der Waals surface area contributed by atoms with Crippen LogP contribution in [0.15, 0.2) is 90.0 Å². The molecule has 0 aromatic heterocycles. The van der Waals surface area contributed by atoms with Crippen molar-refractivity contribution in [3.63, 3.8) is 0 Å². The standard InChI is InChI=1S/C22H19ClFNO2S/c1-17-7-13-21(14-8-17)28(26,27)25(15-18-5-3-2-4-6-18)16-22(23)19-9-11-20(24)12-10-19/h2-14,16H,15H2,1H3/b22-16-. The highest BCUT2D eigenvalue weighted by Crippen LogP contribution is 2.25. The van der Waals surface area contributed by atoms with E-state index in [4.69, 9.17) is 11.6 Å². The average Bonchev–Trinajstić information content (AvgIpc) is 2.69. The second kappa shape index (κ2) is 8.59. The number of nitrogens with zero attached hydrogens (tertiary/aromatic N) is 1. The van der Waals surface area contributed by atoms with Gasteiger partial charge in [0.15, 0.2) is 0 Å². The summed E-state index contributed by atoms with van der Waals surface area (Å²) < 4.78 is 40.8. The molecule has 0 saturated carbocycles. The van der Waals surface area contributed by atoms with Crippen LogP contribution in [0.4, 0.5) is 4.39 Å². The van der Waals surface area contributed by atoms with E-state index in [9.17, 15) is 12.8 Å². The van der Waals surface area contributed by atoms with Crippen LogP contribution in [-0.2, 0) is 16.6 Å². The molecule has 0 atom stereocenters. The number of hydrogen-bond donors (Lipinski definition) is 0. The zero-order valence-electron chi connectivity index (χ0n) is 15.2. The van der Waals surface area contributed by atoms with Crippen molar-refractivity contribution < 1.29 is 12.8 Å². The number of halogens is 2. The second-order valence-corrected chi connectivity index (χ2v) is 8.63. The SMILES string of the molecule is Cc1ccc(S(=O)(=O)N(/C=C(\Cl)c2ccc(F)cc2)Cc2ccccc2)cc1. The largest absolute Gasteiger partial charge is 0.267 e. The van der Waals surface area contributed by atoms with Gasteiger partial charge in [0.05, 0.1) is 16.5 Å². The Labute approximate surface area is 169 Å². The van der Waals surface area contributed by atoms with Crippen molar-refractivity contribution in [3.05, 3.63) is 108 Å². The van der Waals surface area contributed by atoms with Crippen molar-refractivity contribution in [2.75, 3.05) is 0 Å². The van der Waals surface area contributed by atoms with Crippen LogP contribution in [0.1, 0.15) is 16.7 Å². The Kier molecular flexibility index (Phi) is 6.17. The Bertz CT molecular complexity index is 1060. The monoisotopic (exact) mass is 415 g/mol. The molecule has 0 aliphatic heterocycles. The maximum Gasteiger partial charge on any atom is 0.264 e. The fraction of sp³-hybridized carbons (Fsp3) is 0.0909. The normalized spacial score (nSPS) is 12.0. The molecule has 0 aliphatic rings. The van der Waals surface area contributed by atoms with Crippen molar-refractivity contribution in [1.29, 1.82) is 0 Å². The molecule has 6 heteroatoms. The highest BCUT2D eigenvalue weighted by atomic mass is 35.5. The van der Waals surface area contributed by atoms with Gasteiger partial charge in [-0.05, 0) is 42.3 Å². The van der Waals surface area contributed by atoms with Crippen LogP contribution in [-0.4, -0.2) is 12.7 Å². The summed E-state index contributed by atoms with van der Waals surface area (Å²) in [5.74, 6) is -0.387. The fourth-order valence-corrected chi connectivity index (χ4v) is 4.23. The molecule has 3 aromatic carbocycles. The molecule has 0 unspecified atom stereocenters. The third-order valence-corrected chi connectivity index (χ3v) is 6.22. The van der Waals surface area contributed by atoms with E-state index in [0.717, 1.165) is 11.1 Å². The first kappa shape index (κ1) is 20.1. The van der Waals surface area contributed by atoms with Gasteiger partial charge in [-0.1, -0.05) is 71.8 Å². The van der Waals surface area contributed by atoms with Gasteiger partial charge in [0.2, 0.25) is 0 Å². The lowest BCUT2D eigenvalue weighted by Gasteiger charge is -2.21. The zero-order chi connectivity index (χ0) is 20.1. The van der Waals surface area contributed by atoms with Gasteiger partial charge in [0.1, 0.15) is 5.82 Å². The number of hydrogen-bond acceptors (Lipinski definition) is 2. The second-order valence-electron chi connectivity index (χ2n) is 6.33. The van der Waals surface area contributed by atoms with Gasteiger partial charge in [-0.25, -0.2) is 12.8 Å². The van der Waals surface area contributed by atoms with Crippen molar-refractivity contribution >= 4 is 26.7 Å². The summed E-state index contributed by atoms with van der Waals surface area (Å²) in [6, 6.07) is 21.5. The molecule has 0 aliphatic carbocycles. The van der Waals surface area contributed by atoms with Crippen LogP contribution >= 0.6 is 11.6 Å². The van der Waals surface area contributed by atoms with E-state index in [-0.39, 0.29) is 22.3 Å². The van der Waals surface area contributed by atoms with Crippen molar-refractivity contribution in [3.8, 4) is 0 Å². The van der Waals surface area contributed by atoms with Gasteiger partial charge < -0.3 is 0 Å². The van der Waals surface area contributed by atoms with Crippen LogP contribution < -0.4 is 0 Å². The van der Waals surface area contributed by atoms with Crippen LogP contribution in [0.25, 0.3) is 5.03 Å². The van der Waals surface area contributed by atoms with E-state index in [2.05, 4.69) is 0 Å². The molecule has 0 radical (unpaired) electrons. The lowest BCUT2D eigenvalue weighted by Crippen LogP contribution is -2.26. The lowest BCUT2D eigenvalue weighted by molar-refractivity contribution is 0.496. The van der Waals surface area contributed by atoms with Crippen LogP contribution in [0.5, 0.6) is 0 Å². The molecule has 0 N–H and O–H groups in total. The Balaban J connectivity index is 2.02. The quantitative estimate of drug-likeness (QED) is 0.528. The Morgan fingerprint density at radius 3 is 2.18 bits per heavy atom. The molecule has 0 bridgehead atoms. The molecule has 28 heavy (non-hydrogen) atoms.